The molecule has 0 bridgehead atoms. The summed E-state index contributed by atoms with van der Waals surface area (Å²) < 4.78 is 24.0. The highest BCUT2D eigenvalue weighted by atomic mass is 32.1. The summed E-state index contributed by atoms with van der Waals surface area (Å²) in [6.07, 6.45) is -3.56. The zero-order chi connectivity index (χ0) is 12.1. The van der Waals surface area contributed by atoms with Crippen LogP contribution >= 0.6 is 11.3 Å². The number of thiophene rings is 1. The zero-order valence-electron chi connectivity index (χ0n) is 8.02. The molecule has 0 aliphatic rings. The summed E-state index contributed by atoms with van der Waals surface area (Å²) in [7, 11) is 0. The van der Waals surface area contributed by atoms with Gasteiger partial charge in [0.1, 0.15) is 0 Å². The van der Waals surface area contributed by atoms with E-state index in [1.807, 2.05) is 5.32 Å². The van der Waals surface area contributed by atoms with E-state index in [-0.39, 0.29) is 0 Å². The van der Waals surface area contributed by atoms with Crippen molar-refractivity contribution >= 4 is 23.2 Å². The van der Waals surface area contributed by atoms with Crippen LogP contribution in [-0.2, 0) is 9.59 Å². The number of hydrogen-bond donors (Lipinski definition) is 2. The van der Waals surface area contributed by atoms with Gasteiger partial charge >= 0.3 is 12.4 Å². The summed E-state index contributed by atoms with van der Waals surface area (Å²) in [5.41, 5.74) is 0. The minimum absolute atomic E-state index is 0.418. The van der Waals surface area contributed by atoms with Gasteiger partial charge in [-0.2, -0.15) is 8.78 Å². The molecule has 0 radical (unpaired) electrons. The molecule has 0 saturated carbocycles. The van der Waals surface area contributed by atoms with Gasteiger partial charge in [-0.05, 0) is 11.4 Å². The number of carbonyl (C=O) groups is 2. The highest BCUT2D eigenvalue weighted by Gasteiger charge is 2.23. The van der Waals surface area contributed by atoms with Crippen molar-refractivity contribution in [2.75, 3.05) is 0 Å². The Bertz CT molecular complexity index is 367. The monoisotopic (exact) mass is 249 g/mol. The van der Waals surface area contributed by atoms with E-state index < -0.39 is 30.8 Å². The van der Waals surface area contributed by atoms with Gasteiger partial charge in [-0.1, -0.05) is 6.07 Å². The lowest BCUT2D eigenvalue weighted by Crippen LogP contribution is -2.34. The molecule has 1 heterocycles. The third-order valence-corrected chi connectivity index (χ3v) is 2.77. The van der Waals surface area contributed by atoms with Crippen LogP contribution in [0.25, 0.3) is 0 Å². The minimum Gasteiger partial charge on any atom is -0.481 e. The first-order valence-electron chi connectivity index (χ1n) is 4.34. The van der Waals surface area contributed by atoms with Crippen LogP contribution in [0.1, 0.15) is 17.3 Å². The maximum Gasteiger partial charge on any atom is 0.315 e. The van der Waals surface area contributed by atoms with Crippen LogP contribution in [0.5, 0.6) is 0 Å². The van der Waals surface area contributed by atoms with Gasteiger partial charge in [0.25, 0.3) is 5.91 Å². The largest absolute Gasteiger partial charge is 0.481 e. The number of halogens is 2. The molecule has 16 heavy (non-hydrogen) atoms. The highest BCUT2D eigenvalue weighted by molar-refractivity contribution is 7.10. The van der Waals surface area contributed by atoms with Crippen LogP contribution in [0, 0.1) is 0 Å². The second-order valence-electron chi connectivity index (χ2n) is 2.98. The standard InChI is InChI=1S/C9H9F2NO3S/c10-8(11)9(15)12-5(4-7(13)14)6-2-1-3-16-6/h1-3,5,8H,4H2,(H,12,15)(H,13,14). The number of rotatable bonds is 5. The summed E-state index contributed by atoms with van der Waals surface area (Å²) in [5, 5.41) is 12.3. The predicted molar refractivity (Wildman–Crippen MR) is 53.5 cm³/mol. The van der Waals surface area contributed by atoms with Crippen LogP contribution < -0.4 is 5.32 Å². The molecule has 0 fully saturated rings. The average molecular weight is 249 g/mol. The number of carbonyl (C=O) groups excluding carboxylic acids is 1. The molecule has 1 atom stereocenters. The fourth-order valence-electron chi connectivity index (χ4n) is 1.12. The first-order valence-corrected chi connectivity index (χ1v) is 5.22. The second kappa shape index (κ2) is 5.55. The lowest BCUT2D eigenvalue weighted by atomic mass is 10.1. The van der Waals surface area contributed by atoms with E-state index in [1.54, 1.807) is 17.5 Å². The van der Waals surface area contributed by atoms with E-state index in [0.29, 0.717) is 4.88 Å². The van der Waals surface area contributed by atoms with Crippen molar-refractivity contribution in [3.05, 3.63) is 22.4 Å². The molecular weight excluding hydrogens is 240 g/mol. The average Bonchev–Trinajstić information content (AvgIpc) is 2.68. The Kier molecular flexibility index (Phi) is 4.36. The Morgan fingerprint density at radius 2 is 2.19 bits per heavy atom. The number of carboxylic acid groups (broad SMARTS) is 1. The molecular formula is C9H9F2NO3S. The van der Waals surface area contributed by atoms with E-state index in [1.165, 1.54) is 11.3 Å². The number of aliphatic carboxylic acids is 1. The van der Waals surface area contributed by atoms with Gasteiger partial charge < -0.3 is 10.4 Å². The normalized spacial score (nSPS) is 12.4. The fraction of sp³-hybridized carbons (Fsp3) is 0.333. The Balaban J connectivity index is 2.72. The molecule has 0 saturated heterocycles. The number of hydrogen-bond acceptors (Lipinski definition) is 3. The van der Waals surface area contributed by atoms with Crippen molar-refractivity contribution < 1.29 is 23.5 Å². The first kappa shape index (κ1) is 12.6. The van der Waals surface area contributed by atoms with Crippen molar-refractivity contribution in [3.8, 4) is 0 Å². The molecule has 1 rings (SSSR count). The van der Waals surface area contributed by atoms with Crippen LogP contribution in [0.2, 0.25) is 0 Å². The molecule has 1 aromatic heterocycles. The van der Waals surface area contributed by atoms with Gasteiger partial charge in [-0.3, -0.25) is 9.59 Å². The van der Waals surface area contributed by atoms with Gasteiger partial charge in [0.2, 0.25) is 0 Å². The number of carboxylic acids is 1. The van der Waals surface area contributed by atoms with Crippen LogP contribution in [0.4, 0.5) is 8.78 Å². The van der Waals surface area contributed by atoms with Crippen molar-refractivity contribution in [3.63, 3.8) is 0 Å². The second-order valence-corrected chi connectivity index (χ2v) is 3.95. The fourth-order valence-corrected chi connectivity index (χ4v) is 1.90. The topological polar surface area (TPSA) is 66.4 Å². The van der Waals surface area contributed by atoms with E-state index in [4.69, 9.17) is 5.11 Å². The first-order chi connectivity index (χ1) is 7.50. The van der Waals surface area contributed by atoms with Gasteiger partial charge in [0.15, 0.2) is 0 Å². The van der Waals surface area contributed by atoms with Crippen molar-refractivity contribution in [1.82, 2.24) is 5.32 Å². The summed E-state index contributed by atoms with van der Waals surface area (Å²) in [4.78, 5) is 21.8. The molecule has 1 aromatic rings. The van der Waals surface area contributed by atoms with Gasteiger partial charge in [-0.15, -0.1) is 11.3 Å². The molecule has 0 aliphatic heterocycles. The third-order valence-electron chi connectivity index (χ3n) is 1.78. The summed E-state index contributed by atoms with van der Waals surface area (Å²) >= 11 is 1.20. The Labute approximate surface area is 93.9 Å². The van der Waals surface area contributed by atoms with Crippen LogP contribution in [0.15, 0.2) is 17.5 Å². The van der Waals surface area contributed by atoms with Crippen molar-refractivity contribution in [2.24, 2.45) is 0 Å². The maximum absolute atomic E-state index is 12.0. The Morgan fingerprint density at radius 1 is 1.50 bits per heavy atom. The number of alkyl halides is 2. The lowest BCUT2D eigenvalue weighted by molar-refractivity contribution is -0.138. The van der Waals surface area contributed by atoms with Gasteiger partial charge in [-0.25, -0.2) is 0 Å². The Morgan fingerprint density at radius 3 is 2.62 bits per heavy atom. The molecule has 7 heteroatoms. The third kappa shape index (κ3) is 3.58. The van der Waals surface area contributed by atoms with E-state index in [0.717, 1.165) is 0 Å². The minimum atomic E-state index is -3.14. The van der Waals surface area contributed by atoms with Crippen LogP contribution in [0.3, 0.4) is 0 Å². The molecule has 4 nitrogen and oxygen atoms in total. The number of amides is 1. The van der Waals surface area contributed by atoms with Crippen molar-refractivity contribution in [1.29, 1.82) is 0 Å². The zero-order valence-corrected chi connectivity index (χ0v) is 8.84. The number of nitrogens with one attached hydrogen (secondary N) is 1. The lowest BCUT2D eigenvalue weighted by Gasteiger charge is -2.14. The van der Waals surface area contributed by atoms with Gasteiger partial charge in [0.05, 0.1) is 12.5 Å². The quantitative estimate of drug-likeness (QED) is 0.833. The van der Waals surface area contributed by atoms with Crippen LogP contribution in [-0.4, -0.2) is 23.4 Å². The van der Waals surface area contributed by atoms with E-state index in [2.05, 4.69) is 0 Å². The maximum atomic E-state index is 12.0. The van der Waals surface area contributed by atoms with Crippen molar-refractivity contribution in [2.45, 2.75) is 18.9 Å². The summed E-state index contributed by atoms with van der Waals surface area (Å²) in [6, 6.07) is 2.34. The molecule has 1 amide bonds. The molecule has 88 valence electrons. The SMILES string of the molecule is O=C(O)CC(NC(=O)C(F)F)c1cccs1. The van der Waals surface area contributed by atoms with Gasteiger partial charge in [0, 0.05) is 4.88 Å². The molecule has 0 aliphatic carbocycles. The summed E-state index contributed by atoms with van der Waals surface area (Å²) in [6.45, 7) is 0. The summed E-state index contributed by atoms with van der Waals surface area (Å²) in [5.74, 6) is -2.62. The predicted octanol–water partition coefficient (Wildman–Crippen LogP) is 1.65. The van der Waals surface area contributed by atoms with E-state index in [9.17, 15) is 18.4 Å². The molecule has 0 spiro atoms. The Hall–Kier alpha value is -1.50. The van der Waals surface area contributed by atoms with E-state index >= 15 is 0 Å². The smallest absolute Gasteiger partial charge is 0.315 e. The highest BCUT2D eigenvalue weighted by Crippen LogP contribution is 2.22. The molecule has 2 N–H and O–H groups in total. The molecule has 0 aromatic carbocycles. The molecule has 1 unspecified atom stereocenters.